The molecule has 1 rings (SSSR count). The van der Waals surface area contributed by atoms with Gasteiger partial charge in [0.25, 0.3) is 0 Å². The molecular formula is C34H52O14. The molecule has 0 aromatic rings. The molecule has 0 bridgehead atoms. The lowest BCUT2D eigenvalue weighted by molar-refractivity contribution is -0.340. The van der Waals surface area contributed by atoms with Crippen LogP contribution in [0.5, 0.6) is 0 Å². The second-order valence-corrected chi connectivity index (χ2v) is 10.0. The minimum atomic E-state index is -1.54. The highest BCUT2D eigenvalue weighted by atomic mass is 16.9. The summed E-state index contributed by atoms with van der Waals surface area (Å²) in [6, 6.07) is 0. The van der Waals surface area contributed by atoms with E-state index in [2.05, 4.69) is 0 Å². The second kappa shape index (κ2) is 28.0. The van der Waals surface area contributed by atoms with Crippen molar-refractivity contribution in [3.05, 3.63) is 48.6 Å². The lowest BCUT2D eigenvalue weighted by Crippen LogP contribution is -2.55. The average Bonchev–Trinajstić information content (AvgIpc) is 3.07. The molecule has 48 heavy (non-hydrogen) atoms. The van der Waals surface area contributed by atoms with Gasteiger partial charge in [-0.3, -0.25) is 0 Å². The lowest BCUT2D eigenvalue weighted by atomic mass is 10.2. The van der Waals surface area contributed by atoms with E-state index in [0.717, 1.165) is 25.7 Å². The molecule has 0 radical (unpaired) electrons. The van der Waals surface area contributed by atoms with Crippen LogP contribution in [0.4, 0.5) is 19.2 Å². The number of ether oxygens (including phenoxy) is 10. The third-order valence-electron chi connectivity index (χ3n) is 6.01. The van der Waals surface area contributed by atoms with Gasteiger partial charge in [0, 0.05) is 0 Å². The fourth-order valence-electron chi connectivity index (χ4n) is 3.71. The lowest BCUT2D eigenvalue weighted by Gasteiger charge is -2.38. The summed E-state index contributed by atoms with van der Waals surface area (Å²) in [7, 11) is 0. The molecule has 0 N–H and O–H groups in total. The Labute approximate surface area is 283 Å². The maximum atomic E-state index is 12.5. The van der Waals surface area contributed by atoms with Crippen LogP contribution in [0.1, 0.15) is 79.1 Å². The number of allylic oxidation sites excluding steroid dienone is 4. The van der Waals surface area contributed by atoms with E-state index in [0.29, 0.717) is 25.7 Å². The zero-order valence-electron chi connectivity index (χ0n) is 28.5. The second-order valence-electron chi connectivity index (χ2n) is 10.0. The van der Waals surface area contributed by atoms with Gasteiger partial charge in [-0.15, -0.1) is 0 Å². The van der Waals surface area contributed by atoms with Crippen LogP contribution >= 0.6 is 0 Å². The predicted octanol–water partition coefficient (Wildman–Crippen LogP) is 7.46. The molecule has 1 fully saturated rings. The van der Waals surface area contributed by atoms with Crippen molar-refractivity contribution >= 4 is 24.6 Å². The maximum absolute atomic E-state index is 12.5. The normalized spacial score (nSPS) is 19.4. The van der Waals surface area contributed by atoms with Crippen molar-refractivity contribution in [1.29, 1.82) is 0 Å². The summed E-state index contributed by atoms with van der Waals surface area (Å²) in [5.41, 5.74) is 0. The first kappa shape index (κ1) is 42.0. The monoisotopic (exact) mass is 684 g/mol. The van der Waals surface area contributed by atoms with Crippen LogP contribution in [0.15, 0.2) is 48.6 Å². The number of carbonyl (C=O) groups excluding carboxylic acids is 4. The molecule has 14 nitrogen and oxygen atoms in total. The van der Waals surface area contributed by atoms with E-state index in [9.17, 15) is 19.2 Å². The summed E-state index contributed by atoms with van der Waals surface area (Å²) in [5.74, 6) is 0. The van der Waals surface area contributed by atoms with Gasteiger partial charge in [-0.1, -0.05) is 76.3 Å². The minimum Gasteiger partial charge on any atom is -0.434 e. The van der Waals surface area contributed by atoms with E-state index < -0.39 is 62.6 Å². The van der Waals surface area contributed by atoms with Crippen LogP contribution in [0, 0.1) is 0 Å². The van der Waals surface area contributed by atoms with Crippen LogP contribution < -0.4 is 0 Å². The quantitative estimate of drug-likeness (QED) is 0.0478. The van der Waals surface area contributed by atoms with Gasteiger partial charge < -0.3 is 47.4 Å². The van der Waals surface area contributed by atoms with Gasteiger partial charge in [0.2, 0.25) is 12.6 Å². The zero-order valence-corrected chi connectivity index (χ0v) is 28.5. The van der Waals surface area contributed by atoms with E-state index >= 15 is 0 Å². The summed E-state index contributed by atoms with van der Waals surface area (Å²) in [6.45, 7) is 7.05. The fourth-order valence-corrected chi connectivity index (χ4v) is 3.71. The molecule has 0 unspecified atom stereocenters. The highest BCUT2D eigenvalue weighted by Gasteiger charge is 2.45. The molecule has 0 amide bonds. The molecule has 14 heteroatoms. The summed E-state index contributed by atoms with van der Waals surface area (Å²) < 4.78 is 53.0. The zero-order chi connectivity index (χ0) is 35.2. The average molecular weight is 685 g/mol. The van der Waals surface area contributed by atoms with Crippen LogP contribution in [0.25, 0.3) is 0 Å². The van der Waals surface area contributed by atoms with Crippen molar-refractivity contribution < 1.29 is 66.5 Å². The number of hydrogen-bond acceptors (Lipinski definition) is 14. The van der Waals surface area contributed by atoms with Crippen molar-refractivity contribution in [3.8, 4) is 0 Å². The van der Waals surface area contributed by atoms with Gasteiger partial charge in [0.1, 0.15) is 13.2 Å². The Kier molecular flexibility index (Phi) is 24.5. The van der Waals surface area contributed by atoms with Gasteiger partial charge in [0.05, 0.1) is 26.4 Å². The van der Waals surface area contributed by atoms with Gasteiger partial charge >= 0.3 is 24.6 Å². The first-order chi connectivity index (χ1) is 23.3. The Hall–Kier alpha value is -4.04. The third-order valence-corrected chi connectivity index (χ3v) is 6.01. The van der Waals surface area contributed by atoms with E-state index in [1.807, 2.05) is 76.3 Å². The number of hydrogen-bond donors (Lipinski definition) is 0. The van der Waals surface area contributed by atoms with Gasteiger partial charge in [0.15, 0.2) is 12.2 Å². The van der Waals surface area contributed by atoms with Crippen molar-refractivity contribution in [2.24, 2.45) is 0 Å². The Morgan fingerprint density at radius 2 is 0.729 bits per heavy atom. The standard InChI is InChI=1S/C34H52O14/c1-5-9-13-17-21-39-31(35)43-25-27-29(47-33(37)41-23-19-15-11-7-3)46-28(26-44-32(36)40-22-18-14-10-6-2)30(45-27)48-34(38)42-24-20-16-12-8-4/h9-16,27-30H,5-8,17-26H2,1-4H3/b13-9-,14-10-,15-11-,16-12-/t27-,28+,29-,30+. The van der Waals surface area contributed by atoms with E-state index in [-0.39, 0.29) is 26.4 Å². The molecule has 0 aromatic carbocycles. The van der Waals surface area contributed by atoms with Crippen LogP contribution in [-0.4, -0.2) is 89.1 Å². The van der Waals surface area contributed by atoms with Gasteiger partial charge in [-0.25, -0.2) is 19.2 Å². The Balaban J connectivity index is 3.01. The van der Waals surface area contributed by atoms with Gasteiger partial charge in [-0.05, 0) is 51.4 Å². The smallest absolute Gasteiger partial charge is 0.434 e. The highest BCUT2D eigenvalue weighted by Crippen LogP contribution is 2.25. The number of carbonyl (C=O) groups is 4. The molecule has 1 aliphatic heterocycles. The number of rotatable bonds is 22. The molecule has 0 saturated carbocycles. The van der Waals surface area contributed by atoms with Crippen LogP contribution in [0.3, 0.4) is 0 Å². The SMILES string of the molecule is CC/C=C\CCOC(=O)OC[C@@H]1O[C@H](OC(=O)OCC/C=C\CC)[C@@H](COC(=O)OCC/C=C\CC)O[C@H]1OC(=O)OCC/C=C\CC. The van der Waals surface area contributed by atoms with Gasteiger partial charge in [-0.2, -0.15) is 0 Å². The molecule has 1 heterocycles. The molecule has 4 atom stereocenters. The topological polar surface area (TPSA) is 161 Å². The molecule has 0 aliphatic carbocycles. The Bertz CT molecular complexity index is 941. The minimum absolute atomic E-state index is 0.0275. The van der Waals surface area contributed by atoms with Crippen molar-refractivity contribution in [1.82, 2.24) is 0 Å². The maximum Gasteiger partial charge on any atom is 0.510 e. The Morgan fingerprint density at radius 1 is 0.438 bits per heavy atom. The Morgan fingerprint density at radius 3 is 1.02 bits per heavy atom. The first-order valence-corrected chi connectivity index (χ1v) is 16.5. The summed E-state index contributed by atoms with van der Waals surface area (Å²) in [6.07, 6.45) is 10.4. The largest absolute Gasteiger partial charge is 0.510 e. The third kappa shape index (κ3) is 21.0. The molecular weight excluding hydrogens is 632 g/mol. The van der Waals surface area contributed by atoms with E-state index in [1.165, 1.54) is 0 Å². The van der Waals surface area contributed by atoms with Crippen molar-refractivity contribution in [3.63, 3.8) is 0 Å². The summed E-state index contributed by atoms with van der Waals surface area (Å²) in [5, 5.41) is 0. The van der Waals surface area contributed by atoms with Crippen LogP contribution in [0.2, 0.25) is 0 Å². The molecule has 1 aliphatic rings. The van der Waals surface area contributed by atoms with E-state index in [4.69, 9.17) is 47.4 Å². The molecule has 1 saturated heterocycles. The van der Waals surface area contributed by atoms with Crippen molar-refractivity contribution in [2.75, 3.05) is 39.6 Å². The molecule has 272 valence electrons. The predicted molar refractivity (Wildman–Crippen MR) is 173 cm³/mol. The molecule has 0 spiro atoms. The fraction of sp³-hybridized carbons (Fsp3) is 0.647. The highest BCUT2D eigenvalue weighted by molar-refractivity contribution is 5.61. The van der Waals surface area contributed by atoms with Crippen molar-refractivity contribution in [2.45, 2.75) is 104 Å². The summed E-state index contributed by atoms with van der Waals surface area (Å²) >= 11 is 0. The molecule has 0 aromatic heterocycles. The van der Waals surface area contributed by atoms with Crippen LogP contribution in [-0.2, 0) is 47.4 Å². The van der Waals surface area contributed by atoms with E-state index in [1.54, 1.807) is 0 Å². The first-order valence-electron chi connectivity index (χ1n) is 16.5. The summed E-state index contributed by atoms with van der Waals surface area (Å²) in [4.78, 5) is 49.5.